The van der Waals surface area contributed by atoms with Crippen molar-refractivity contribution in [2.24, 2.45) is 5.92 Å². The third kappa shape index (κ3) is 4.47. The van der Waals surface area contributed by atoms with Crippen LogP contribution >= 0.6 is 0 Å². The Morgan fingerprint density at radius 2 is 1.83 bits per heavy atom. The number of aryl methyl sites for hydroxylation is 1. The van der Waals surface area contributed by atoms with Gasteiger partial charge in [-0.15, -0.1) is 0 Å². The lowest BCUT2D eigenvalue weighted by Crippen LogP contribution is -2.40. The standard InChI is InChI=1S/C23H30N2O4S/c1-18-12-15-25(21(17-18)22-5-4-16-29-22)23(26)11-8-19-6-9-20(10-7-19)30(27,28)24-13-2-3-14-24/h4-7,9-10,16,18,21H,2-3,8,11-15,17H2,1H3/t18-,21+/m1/s1. The maximum Gasteiger partial charge on any atom is 0.243 e. The van der Waals surface area contributed by atoms with Crippen molar-refractivity contribution in [1.82, 2.24) is 9.21 Å². The number of sulfonamides is 1. The van der Waals surface area contributed by atoms with Gasteiger partial charge in [0.2, 0.25) is 15.9 Å². The molecule has 2 aromatic rings. The van der Waals surface area contributed by atoms with Crippen LogP contribution in [-0.4, -0.2) is 43.2 Å². The maximum absolute atomic E-state index is 13.0. The van der Waals surface area contributed by atoms with Gasteiger partial charge < -0.3 is 9.32 Å². The zero-order valence-electron chi connectivity index (χ0n) is 17.5. The Morgan fingerprint density at radius 1 is 1.10 bits per heavy atom. The van der Waals surface area contributed by atoms with Crippen molar-refractivity contribution in [3.63, 3.8) is 0 Å². The molecule has 2 fully saturated rings. The van der Waals surface area contributed by atoms with Gasteiger partial charge in [-0.1, -0.05) is 19.1 Å². The summed E-state index contributed by atoms with van der Waals surface area (Å²) in [6, 6.07) is 10.8. The van der Waals surface area contributed by atoms with Gasteiger partial charge in [0.25, 0.3) is 0 Å². The topological polar surface area (TPSA) is 70.8 Å². The van der Waals surface area contributed by atoms with E-state index in [0.29, 0.717) is 36.7 Å². The van der Waals surface area contributed by atoms with Crippen molar-refractivity contribution in [1.29, 1.82) is 0 Å². The molecule has 1 aromatic carbocycles. The molecule has 2 atom stereocenters. The van der Waals surface area contributed by atoms with Crippen LogP contribution in [0.25, 0.3) is 0 Å². The number of hydrogen-bond donors (Lipinski definition) is 0. The fraction of sp³-hybridized carbons (Fsp3) is 0.522. The minimum absolute atomic E-state index is 0.00392. The van der Waals surface area contributed by atoms with Crippen molar-refractivity contribution in [2.45, 2.75) is 56.4 Å². The highest BCUT2D eigenvalue weighted by Gasteiger charge is 2.32. The Bertz CT molecular complexity index is 948. The van der Waals surface area contributed by atoms with Crippen molar-refractivity contribution >= 4 is 15.9 Å². The average Bonchev–Trinajstić information content (AvgIpc) is 3.47. The predicted molar refractivity (Wildman–Crippen MR) is 114 cm³/mol. The summed E-state index contributed by atoms with van der Waals surface area (Å²) in [5, 5.41) is 0. The molecule has 162 valence electrons. The second kappa shape index (κ2) is 8.94. The molecular weight excluding hydrogens is 400 g/mol. The van der Waals surface area contributed by atoms with Gasteiger partial charge in [0.1, 0.15) is 5.76 Å². The van der Waals surface area contributed by atoms with E-state index < -0.39 is 10.0 Å². The second-order valence-electron chi connectivity index (χ2n) is 8.50. The Labute approximate surface area is 178 Å². The molecule has 2 aliphatic rings. The van der Waals surface area contributed by atoms with E-state index >= 15 is 0 Å². The van der Waals surface area contributed by atoms with Gasteiger partial charge in [-0.05, 0) is 67.9 Å². The number of benzene rings is 1. The third-order valence-electron chi connectivity index (χ3n) is 6.31. The van der Waals surface area contributed by atoms with E-state index in [1.165, 1.54) is 0 Å². The molecule has 0 bridgehead atoms. The second-order valence-corrected chi connectivity index (χ2v) is 10.4. The first kappa shape index (κ1) is 21.1. The van der Waals surface area contributed by atoms with Crippen LogP contribution in [0.15, 0.2) is 52.0 Å². The van der Waals surface area contributed by atoms with E-state index in [0.717, 1.165) is 43.6 Å². The number of furan rings is 1. The lowest BCUT2D eigenvalue weighted by Gasteiger charge is -2.37. The zero-order valence-corrected chi connectivity index (χ0v) is 18.3. The zero-order chi connectivity index (χ0) is 21.1. The van der Waals surface area contributed by atoms with Gasteiger partial charge in [0, 0.05) is 26.1 Å². The lowest BCUT2D eigenvalue weighted by molar-refractivity contribution is -0.136. The first-order valence-electron chi connectivity index (χ1n) is 10.9. The van der Waals surface area contributed by atoms with Crippen LogP contribution in [0, 0.1) is 5.92 Å². The van der Waals surface area contributed by atoms with E-state index in [1.54, 1.807) is 22.7 Å². The summed E-state index contributed by atoms with van der Waals surface area (Å²) in [6.07, 6.45) is 6.44. The van der Waals surface area contributed by atoms with Gasteiger partial charge in [0.05, 0.1) is 17.2 Å². The molecular formula is C23H30N2O4S. The van der Waals surface area contributed by atoms with Crippen LogP contribution < -0.4 is 0 Å². The van der Waals surface area contributed by atoms with Crippen LogP contribution in [0.1, 0.15) is 56.4 Å². The highest BCUT2D eigenvalue weighted by atomic mass is 32.2. The van der Waals surface area contributed by atoms with Crippen LogP contribution in [-0.2, 0) is 21.2 Å². The van der Waals surface area contributed by atoms with Crippen molar-refractivity contribution < 1.29 is 17.6 Å². The maximum atomic E-state index is 13.0. The number of rotatable bonds is 6. The van der Waals surface area contributed by atoms with Gasteiger partial charge in [-0.3, -0.25) is 4.79 Å². The molecule has 3 heterocycles. The van der Waals surface area contributed by atoms with E-state index in [4.69, 9.17) is 4.42 Å². The molecule has 7 heteroatoms. The number of nitrogens with zero attached hydrogens (tertiary/aromatic N) is 2. The van der Waals surface area contributed by atoms with E-state index in [2.05, 4.69) is 6.92 Å². The smallest absolute Gasteiger partial charge is 0.243 e. The first-order chi connectivity index (χ1) is 14.4. The molecule has 1 amide bonds. The summed E-state index contributed by atoms with van der Waals surface area (Å²) in [5.41, 5.74) is 0.976. The Morgan fingerprint density at radius 3 is 2.50 bits per heavy atom. The molecule has 30 heavy (non-hydrogen) atoms. The molecule has 4 rings (SSSR count). The van der Waals surface area contributed by atoms with Gasteiger partial charge >= 0.3 is 0 Å². The molecule has 0 spiro atoms. The van der Waals surface area contributed by atoms with Crippen LogP contribution in [0.2, 0.25) is 0 Å². The molecule has 0 saturated carbocycles. The normalized spacial score (nSPS) is 23.0. The third-order valence-corrected chi connectivity index (χ3v) is 8.22. The fourth-order valence-electron chi connectivity index (χ4n) is 4.49. The van der Waals surface area contributed by atoms with E-state index in [1.807, 2.05) is 29.2 Å². The van der Waals surface area contributed by atoms with E-state index in [9.17, 15) is 13.2 Å². The number of piperidine rings is 1. The van der Waals surface area contributed by atoms with Gasteiger partial charge in [-0.2, -0.15) is 4.31 Å². The molecule has 0 aliphatic carbocycles. The summed E-state index contributed by atoms with van der Waals surface area (Å²) in [6.45, 7) is 4.17. The monoisotopic (exact) mass is 430 g/mol. The van der Waals surface area contributed by atoms with Crippen LogP contribution in [0.3, 0.4) is 0 Å². The summed E-state index contributed by atoms with van der Waals surface area (Å²) in [7, 11) is -3.39. The molecule has 6 nitrogen and oxygen atoms in total. The van der Waals surface area contributed by atoms with Gasteiger partial charge in [0.15, 0.2) is 0 Å². The molecule has 0 radical (unpaired) electrons. The number of likely N-dealkylation sites (tertiary alicyclic amines) is 1. The number of hydrogen-bond acceptors (Lipinski definition) is 4. The summed E-state index contributed by atoms with van der Waals surface area (Å²) in [5.74, 6) is 1.54. The highest BCUT2D eigenvalue weighted by Crippen LogP contribution is 2.34. The summed E-state index contributed by atoms with van der Waals surface area (Å²) >= 11 is 0. The average molecular weight is 431 g/mol. The fourth-order valence-corrected chi connectivity index (χ4v) is 6.01. The number of carbonyl (C=O) groups excluding carboxylic acids is 1. The first-order valence-corrected chi connectivity index (χ1v) is 12.3. The number of amides is 1. The van der Waals surface area contributed by atoms with Crippen molar-refractivity contribution in [2.75, 3.05) is 19.6 Å². The summed E-state index contributed by atoms with van der Waals surface area (Å²) < 4.78 is 32.4. The van der Waals surface area contributed by atoms with Crippen LogP contribution in [0.4, 0.5) is 0 Å². The number of carbonyl (C=O) groups is 1. The minimum atomic E-state index is -3.39. The molecule has 2 saturated heterocycles. The molecule has 1 aromatic heterocycles. The highest BCUT2D eigenvalue weighted by molar-refractivity contribution is 7.89. The lowest BCUT2D eigenvalue weighted by atomic mass is 9.90. The Hall–Kier alpha value is -2.12. The Kier molecular flexibility index (Phi) is 6.29. The Balaban J connectivity index is 1.38. The molecule has 2 aliphatic heterocycles. The van der Waals surface area contributed by atoms with E-state index in [-0.39, 0.29) is 11.9 Å². The van der Waals surface area contributed by atoms with Crippen molar-refractivity contribution in [3.05, 3.63) is 54.0 Å². The predicted octanol–water partition coefficient (Wildman–Crippen LogP) is 4.00. The largest absolute Gasteiger partial charge is 0.467 e. The SMILES string of the molecule is C[C@@H]1CCN(C(=O)CCc2ccc(S(=O)(=O)N3CCCC3)cc2)[C@H](c2ccco2)C1. The summed E-state index contributed by atoms with van der Waals surface area (Å²) in [4.78, 5) is 15.3. The van der Waals surface area contributed by atoms with Crippen molar-refractivity contribution in [3.8, 4) is 0 Å². The molecule has 0 unspecified atom stereocenters. The minimum Gasteiger partial charge on any atom is -0.467 e. The quantitative estimate of drug-likeness (QED) is 0.695. The van der Waals surface area contributed by atoms with Gasteiger partial charge in [-0.25, -0.2) is 8.42 Å². The van der Waals surface area contributed by atoms with Crippen LogP contribution in [0.5, 0.6) is 0 Å². The molecule has 0 N–H and O–H groups in total.